The zero-order chi connectivity index (χ0) is 16.4. The first-order valence-electron chi connectivity index (χ1n) is 8.11. The normalized spacial score (nSPS) is 22.8. The van der Waals surface area contributed by atoms with Crippen LogP contribution in [-0.2, 0) is 9.59 Å². The highest BCUT2D eigenvalue weighted by molar-refractivity contribution is 6.05. The molecule has 0 saturated carbocycles. The Hall–Kier alpha value is -2.08. The van der Waals surface area contributed by atoms with E-state index in [1.165, 1.54) is 4.90 Å². The van der Waals surface area contributed by atoms with Gasteiger partial charge < -0.3 is 9.64 Å². The molecule has 6 nitrogen and oxygen atoms in total. The molecule has 6 heteroatoms. The molecule has 0 bridgehead atoms. The van der Waals surface area contributed by atoms with E-state index < -0.39 is 0 Å². The number of anilines is 1. The Labute approximate surface area is 136 Å². The molecule has 2 aliphatic rings. The van der Waals surface area contributed by atoms with Crippen molar-refractivity contribution in [3.8, 4) is 5.75 Å². The number of rotatable bonds is 4. The molecule has 2 fully saturated rings. The summed E-state index contributed by atoms with van der Waals surface area (Å²) in [6.45, 7) is 5.63. The molecule has 2 heterocycles. The van der Waals surface area contributed by atoms with Gasteiger partial charge >= 0.3 is 0 Å². The largest absolute Gasteiger partial charge is 0.497 e. The van der Waals surface area contributed by atoms with E-state index in [0.717, 1.165) is 37.6 Å². The number of imide groups is 1. The highest BCUT2D eigenvalue weighted by Gasteiger charge is 2.41. The lowest BCUT2D eigenvalue weighted by molar-refractivity contribution is -0.139. The van der Waals surface area contributed by atoms with E-state index in [2.05, 4.69) is 21.9 Å². The van der Waals surface area contributed by atoms with Gasteiger partial charge in [0.25, 0.3) is 0 Å². The molecule has 0 spiro atoms. The number of nitrogens with zero attached hydrogens (tertiary/aromatic N) is 3. The van der Waals surface area contributed by atoms with Crippen molar-refractivity contribution in [1.29, 1.82) is 0 Å². The Morgan fingerprint density at radius 3 is 2.26 bits per heavy atom. The van der Waals surface area contributed by atoms with Crippen LogP contribution >= 0.6 is 0 Å². The molecule has 2 aliphatic heterocycles. The van der Waals surface area contributed by atoms with E-state index in [1.54, 1.807) is 7.11 Å². The van der Waals surface area contributed by atoms with E-state index in [4.69, 9.17) is 4.74 Å². The fourth-order valence-electron chi connectivity index (χ4n) is 3.37. The molecule has 3 rings (SSSR count). The molecule has 1 aromatic rings. The van der Waals surface area contributed by atoms with Crippen molar-refractivity contribution >= 4 is 17.5 Å². The maximum absolute atomic E-state index is 12.3. The first kappa shape index (κ1) is 15.8. The monoisotopic (exact) mass is 317 g/mol. The van der Waals surface area contributed by atoms with Crippen molar-refractivity contribution in [3.63, 3.8) is 0 Å². The molecule has 2 amide bonds. The Balaban J connectivity index is 1.60. The van der Waals surface area contributed by atoms with Crippen LogP contribution < -0.4 is 9.64 Å². The van der Waals surface area contributed by atoms with Gasteiger partial charge in [-0.2, -0.15) is 0 Å². The molecule has 0 N–H and O–H groups in total. The van der Waals surface area contributed by atoms with E-state index in [-0.39, 0.29) is 17.9 Å². The van der Waals surface area contributed by atoms with Crippen molar-refractivity contribution in [2.24, 2.45) is 0 Å². The molecule has 2 saturated heterocycles. The van der Waals surface area contributed by atoms with Crippen molar-refractivity contribution in [1.82, 2.24) is 9.80 Å². The lowest BCUT2D eigenvalue weighted by atomic mass is 10.1. The third-order valence-electron chi connectivity index (χ3n) is 4.73. The Morgan fingerprint density at radius 2 is 1.74 bits per heavy atom. The van der Waals surface area contributed by atoms with Crippen LogP contribution in [0.5, 0.6) is 5.75 Å². The minimum Gasteiger partial charge on any atom is -0.497 e. The quantitative estimate of drug-likeness (QED) is 0.775. The van der Waals surface area contributed by atoms with Crippen molar-refractivity contribution in [2.45, 2.75) is 19.4 Å². The maximum atomic E-state index is 12.3. The third-order valence-corrected chi connectivity index (χ3v) is 4.73. The van der Waals surface area contributed by atoms with Crippen LogP contribution in [0.25, 0.3) is 0 Å². The highest BCUT2D eigenvalue weighted by Crippen LogP contribution is 2.23. The van der Waals surface area contributed by atoms with Gasteiger partial charge in [-0.1, -0.05) is 0 Å². The van der Waals surface area contributed by atoms with Gasteiger partial charge in [0.2, 0.25) is 11.8 Å². The summed E-state index contributed by atoms with van der Waals surface area (Å²) in [5, 5.41) is 0. The predicted octanol–water partition coefficient (Wildman–Crippen LogP) is 0.965. The van der Waals surface area contributed by atoms with E-state index in [9.17, 15) is 9.59 Å². The number of hydrogen-bond donors (Lipinski definition) is 0. The molecule has 1 aromatic carbocycles. The van der Waals surface area contributed by atoms with Crippen molar-refractivity contribution in [2.75, 3.05) is 44.7 Å². The van der Waals surface area contributed by atoms with Crippen LogP contribution in [0.15, 0.2) is 24.3 Å². The summed E-state index contributed by atoms with van der Waals surface area (Å²) in [7, 11) is 1.66. The second-order valence-corrected chi connectivity index (χ2v) is 5.92. The lowest BCUT2D eigenvalue weighted by Crippen LogP contribution is -2.52. The summed E-state index contributed by atoms with van der Waals surface area (Å²) in [6, 6.07) is 7.76. The average molecular weight is 317 g/mol. The first-order valence-corrected chi connectivity index (χ1v) is 8.11. The van der Waals surface area contributed by atoms with Gasteiger partial charge in [0, 0.05) is 38.4 Å². The second-order valence-electron chi connectivity index (χ2n) is 5.92. The molecule has 0 radical (unpaired) electrons. The fourth-order valence-corrected chi connectivity index (χ4v) is 3.37. The number of carbonyl (C=O) groups is 2. The van der Waals surface area contributed by atoms with Crippen LogP contribution in [0.1, 0.15) is 13.3 Å². The summed E-state index contributed by atoms with van der Waals surface area (Å²) in [6.07, 6.45) is 0.329. The highest BCUT2D eigenvalue weighted by atomic mass is 16.5. The number of ether oxygens (including phenoxy) is 1. The van der Waals surface area contributed by atoms with E-state index in [1.807, 2.05) is 19.1 Å². The van der Waals surface area contributed by atoms with Gasteiger partial charge in [0.1, 0.15) is 5.75 Å². The SMILES string of the molecule is CCN1C(=O)C[C@H](N2CCN(c3ccc(OC)cc3)CC2)C1=O. The van der Waals surface area contributed by atoms with Crippen LogP contribution in [0, 0.1) is 0 Å². The third kappa shape index (κ3) is 3.03. The number of amides is 2. The zero-order valence-electron chi connectivity index (χ0n) is 13.7. The smallest absolute Gasteiger partial charge is 0.247 e. The lowest BCUT2D eigenvalue weighted by Gasteiger charge is -2.38. The molecule has 1 atom stereocenters. The van der Waals surface area contributed by atoms with Crippen LogP contribution in [0.4, 0.5) is 5.69 Å². The number of likely N-dealkylation sites (tertiary alicyclic amines) is 1. The van der Waals surface area contributed by atoms with E-state index >= 15 is 0 Å². The fraction of sp³-hybridized carbons (Fsp3) is 0.529. The molecule has 23 heavy (non-hydrogen) atoms. The standard InChI is InChI=1S/C17H23N3O3/c1-3-20-16(21)12-15(17(20)22)19-10-8-18(9-11-19)13-4-6-14(23-2)7-5-13/h4-7,15H,3,8-12H2,1-2H3/t15-/m0/s1. The van der Waals surface area contributed by atoms with E-state index in [0.29, 0.717) is 13.0 Å². The molecular weight excluding hydrogens is 294 g/mol. The van der Waals surface area contributed by atoms with Crippen molar-refractivity contribution < 1.29 is 14.3 Å². The summed E-state index contributed by atoms with van der Waals surface area (Å²) < 4.78 is 5.18. The second kappa shape index (κ2) is 6.58. The van der Waals surface area contributed by atoms with Gasteiger partial charge in [-0.3, -0.25) is 19.4 Å². The summed E-state index contributed by atoms with van der Waals surface area (Å²) in [5.41, 5.74) is 1.16. The van der Waals surface area contributed by atoms with Crippen molar-refractivity contribution in [3.05, 3.63) is 24.3 Å². The molecule has 124 valence electrons. The zero-order valence-corrected chi connectivity index (χ0v) is 13.7. The number of methoxy groups -OCH3 is 1. The van der Waals surface area contributed by atoms with Gasteiger partial charge in [-0.25, -0.2) is 0 Å². The molecule has 0 aliphatic carbocycles. The summed E-state index contributed by atoms with van der Waals surface area (Å²) in [5.74, 6) is 0.776. The Morgan fingerprint density at radius 1 is 1.09 bits per heavy atom. The first-order chi connectivity index (χ1) is 11.1. The average Bonchev–Trinajstić information content (AvgIpc) is 2.89. The topological polar surface area (TPSA) is 53.1 Å². The predicted molar refractivity (Wildman–Crippen MR) is 87.6 cm³/mol. The number of carbonyl (C=O) groups excluding carboxylic acids is 2. The van der Waals surface area contributed by atoms with Crippen LogP contribution in [0.3, 0.4) is 0 Å². The minimum absolute atomic E-state index is 0.0320. The van der Waals surface area contributed by atoms with Gasteiger partial charge in [0.05, 0.1) is 19.6 Å². The Bertz CT molecular complexity index is 579. The maximum Gasteiger partial charge on any atom is 0.247 e. The Kier molecular flexibility index (Phi) is 4.52. The molecule has 0 unspecified atom stereocenters. The van der Waals surface area contributed by atoms with Gasteiger partial charge in [-0.15, -0.1) is 0 Å². The molecule has 0 aromatic heterocycles. The number of piperazine rings is 1. The van der Waals surface area contributed by atoms with Gasteiger partial charge in [0.15, 0.2) is 0 Å². The molecular formula is C17H23N3O3. The van der Waals surface area contributed by atoms with Crippen LogP contribution in [-0.4, -0.2) is 67.5 Å². The number of likely N-dealkylation sites (N-methyl/N-ethyl adjacent to an activating group) is 1. The minimum atomic E-state index is -0.263. The van der Waals surface area contributed by atoms with Crippen LogP contribution in [0.2, 0.25) is 0 Å². The number of hydrogen-bond acceptors (Lipinski definition) is 5. The summed E-state index contributed by atoms with van der Waals surface area (Å²) >= 11 is 0. The van der Waals surface area contributed by atoms with Gasteiger partial charge in [-0.05, 0) is 31.2 Å². The number of benzene rings is 1. The summed E-state index contributed by atoms with van der Waals surface area (Å²) in [4.78, 5) is 30.0.